The smallest absolute Gasteiger partial charge is 0.246 e. The van der Waals surface area contributed by atoms with E-state index in [1.165, 1.54) is 16.8 Å². The highest BCUT2D eigenvalue weighted by Gasteiger charge is 2.36. The third-order valence-electron chi connectivity index (χ3n) is 4.67. The molecule has 0 fully saturated rings. The molecular formula is C20H39N3O5S. The Hall–Kier alpha value is -1.32. The zero-order valence-electron chi connectivity index (χ0n) is 18.5. The molecule has 0 aliphatic rings. The number of hydrogen-bond donors (Lipinski definition) is 3. The van der Waals surface area contributed by atoms with Crippen molar-refractivity contribution in [2.45, 2.75) is 77.0 Å². The van der Waals surface area contributed by atoms with E-state index in [-0.39, 0.29) is 24.8 Å². The first kappa shape index (κ1) is 27.7. The van der Waals surface area contributed by atoms with E-state index in [2.05, 4.69) is 0 Å². The number of hydrogen-bond acceptors (Lipinski definition) is 6. The number of likely N-dealkylation sites (N-methyl/N-ethyl adjacent to an activating group) is 2. The number of aliphatic hydroxyl groups excluding tert-OH is 1. The van der Waals surface area contributed by atoms with Crippen LogP contribution in [0.2, 0.25) is 0 Å². The Morgan fingerprint density at radius 3 is 2.17 bits per heavy atom. The maximum absolute atomic E-state index is 13.2. The summed E-state index contributed by atoms with van der Waals surface area (Å²) in [4.78, 5) is 40.2. The Kier molecular flexibility index (Phi) is 13.2. The van der Waals surface area contributed by atoms with Gasteiger partial charge in [-0.05, 0) is 38.9 Å². The van der Waals surface area contributed by atoms with Gasteiger partial charge in [-0.2, -0.15) is 11.8 Å². The summed E-state index contributed by atoms with van der Waals surface area (Å²) < 4.78 is 0. The number of thioether (sulfide) groups is 1. The van der Waals surface area contributed by atoms with Crippen LogP contribution in [0, 0.1) is 0 Å². The second kappa shape index (κ2) is 13.8. The third kappa shape index (κ3) is 10.9. The second-order valence-corrected chi connectivity index (χ2v) is 9.16. The van der Waals surface area contributed by atoms with Crippen LogP contribution in [0.4, 0.5) is 0 Å². The van der Waals surface area contributed by atoms with Gasteiger partial charge in [-0.25, -0.2) is 0 Å². The number of nitrogens with zero attached hydrogens (tertiary/aromatic N) is 2. The van der Waals surface area contributed by atoms with Gasteiger partial charge in [0.2, 0.25) is 17.7 Å². The molecule has 0 bridgehead atoms. The summed E-state index contributed by atoms with van der Waals surface area (Å²) in [7, 11) is 3.09. The first-order valence-corrected chi connectivity index (χ1v) is 11.3. The average Bonchev–Trinajstić information content (AvgIpc) is 2.63. The summed E-state index contributed by atoms with van der Waals surface area (Å²) >= 11 is 1.57. The zero-order valence-corrected chi connectivity index (χ0v) is 19.3. The van der Waals surface area contributed by atoms with Crippen LogP contribution in [0.15, 0.2) is 0 Å². The third-order valence-corrected chi connectivity index (χ3v) is 5.80. The lowest BCUT2D eigenvalue weighted by molar-refractivity contribution is -0.147. The molecule has 0 aromatic heterocycles. The van der Waals surface area contributed by atoms with Gasteiger partial charge in [-0.1, -0.05) is 13.3 Å². The number of carbonyl (C=O) groups excluding carboxylic acids is 3. The van der Waals surface area contributed by atoms with Crippen molar-refractivity contribution < 1.29 is 24.6 Å². The summed E-state index contributed by atoms with van der Waals surface area (Å²) in [5, 5.41) is 18.9. The SMILES string of the molecule is CCCC(=O)N(C)[C@H](CSCCCCCO)C(=O)N(C)[C@@H](CC(C)(C)O)C(N)=O. The van der Waals surface area contributed by atoms with Crippen molar-refractivity contribution in [1.29, 1.82) is 0 Å². The van der Waals surface area contributed by atoms with Gasteiger partial charge in [-0.15, -0.1) is 0 Å². The van der Waals surface area contributed by atoms with Crippen molar-refractivity contribution in [2.75, 3.05) is 32.2 Å². The van der Waals surface area contributed by atoms with E-state index in [1.807, 2.05) is 6.92 Å². The molecule has 0 unspecified atom stereocenters. The molecule has 0 aliphatic heterocycles. The van der Waals surface area contributed by atoms with Crippen molar-refractivity contribution in [3.05, 3.63) is 0 Å². The number of primary amides is 1. The molecule has 0 heterocycles. The number of amides is 3. The summed E-state index contributed by atoms with van der Waals surface area (Å²) in [5.74, 6) is 0.0288. The topological polar surface area (TPSA) is 124 Å². The number of rotatable bonds is 15. The van der Waals surface area contributed by atoms with Gasteiger partial charge in [-0.3, -0.25) is 14.4 Å². The van der Waals surface area contributed by atoms with E-state index in [1.54, 1.807) is 32.7 Å². The van der Waals surface area contributed by atoms with E-state index in [4.69, 9.17) is 10.8 Å². The summed E-state index contributed by atoms with van der Waals surface area (Å²) in [5.41, 5.74) is 4.31. The predicted molar refractivity (Wildman–Crippen MR) is 116 cm³/mol. The number of aliphatic hydroxyl groups is 2. The normalized spacial score (nSPS) is 13.6. The van der Waals surface area contributed by atoms with Crippen LogP contribution in [-0.4, -0.2) is 87.6 Å². The molecule has 4 N–H and O–H groups in total. The Labute approximate surface area is 179 Å². The Balaban J connectivity index is 5.30. The molecule has 0 saturated carbocycles. The van der Waals surface area contributed by atoms with Crippen LogP contribution < -0.4 is 5.73 Å². The largest absolute Gasteiger partial charge is 0.396 e. The van der Waals surface area contributed by atoms with Crippen LogP contribution in [0.5, 0.6) is 0 Å². The zero-order chi connectivity index (χ0) is 22.6. The van der Waals surface area contributed by atoms with E-state index < -0.39 is 23.6 Å². The fourth-order valence-electron chi connectivity index (χ4n) is 2.89. The molecule has 0 aromatic rings. The van der Waals surface area contributed by atoms with Crippen LogP contribution in [0.25, 0.3) is 0 Å². The standard InChI is InChI=1S/C20H39N3O5S/c1-6-10-17(25)22(4)16(14-29-12-9-7-8-11-24)19(27)23(5)15(18(21)26)13-20(2,3)28/h15-16,24,28H,6-14H2,1-5H3,(H2,21,26)/t15-,16+/m0/s1. The van der Waals surface area contributed by atoms with Crippen molar-refractivity contribution in [2.24, 2.45) is 5.73 Å². The second-order valence-electron chi connectivity index (χ2n) is 8.01. The van der Waals surface area contributed by atoms with Crippen LogP contribution in [0.3, 0.4) is 0 Å². The van der Waals surface area contributed by atoms with Gasteiger partial charge in [0.1, 0.15) is 12.1 Å². The van der Waals surface area contributed by atoms with Gasteiger partial charge in [0, 0.05) is 39.3 Å². The van der Waals surface area contributed by atoms with Crippen LogP contribution in [0.1, 0.15) is 59.3 Å². The van der Waals surface area contributed by atoms with Crippen LogP contribution >= 0.6 is 11.8 Å². The lowest BCUT2D eigenvalue weighted by atomic mass is 9.97. The van der Waals surface area contributed by atoms with Gasteiger partial charge >= 0.3 is 0 Å². The lowest BCUT2D eigenvalue weighted by Gasteiger charge is -2.35. The van der Waals surface area contributed by atoms with E-state index in [9.17, 15) is 19.5 Å². The van der Waals surface area contributed by atoms with Crippen molar-refractivity contribution >= 4 is 29.5 Å². The molecule has 9 heteroatoms. The summed E-state index contributed by atoms with van der Waals surface area (Å²) in [6.07, 6.45) is 3.60. The minimum absolute atomic E-state index is 0.0121. The number of carbonyl (C=O) groups is 3. The molecule has 0 spiro atoms. The monoisotopic (exact) mass is 433 g/mol. The molecule has 0 aliphatic carbocycles. The van der Waals surface area contributed by atoms with E-state index in [0.717, 1.165) is 25.0 Å². The highest BCUT2D eigenvalue weighted by Crippen LogP contribution is 2.19. The Bertz CT molecular complexity index is 525. The molecule has 0 saturated heterocycles. The van der Waals surface area contributed by atoms with Gasteiger partial charge in [0.15, 0.2) is 0 Å². The van der Waals surface area contributed by atoms with Crippen molar-refractivity contribution in [3.8, 4) is 0 Å². The van der Waals surface area contributed by atoms with Gasteiger partial charge < -0.3 is 25.7 Å². The fourth-order valence-corrected chi connectivity index (χ4v) is 4.06. The summed E-state index contributed by atoms with van der Waals surface area (Å²) in [6.45, 7) is 5.17. The van der Waals surface area contributed by atoms with Crippen molar-refractivity contribution in [3.63, 3.8) is 0 Å². The summed E-state index contributed by atoms with van der Waals surface area (Å²) in [6, 6.07) is -1.68. The highest BCUT2D eigenvalue weighted by atomic mass is 32.2. The molecule has 0 radical (unpaired) electrons. The fraction of sp³-hybridized carbons (Fsp3) is 0.850. The molecule has 0 aromatic carbocycles. The molecule has 2 atom stereocenters. The molecular weight excluding hydrogens is 394 g/mol. The minimum atomic E-state index is -1.17. The average molecular weight is 434 g/mol. The maximum Gasteiger partial charge on any atom is 0.246 e. The number of nitrogens with two attached hydrogens (primary N) is 1. The van der Waals surface area contributed by atoms with Crippen LogP contribution in [-0.2, 0) is 14.4 Å². The first-order valence-electron chi connectivity index (χ1n) is 10.2. The minimum Gasteiger partial charge on any atom is -0.396 e. The van der Waals surface area contributed by atoms with Crippen molar-refractivity contribution in [1.82, 2.24) is 9.80 Å². The Morgan fingerprint density at radius 1 is 1.07 bits per heavy atom. The first-order chi connectivity index (χ1) is 13.5. The molecule has 3 amide bonds. The predicted octanol–water partition coefficient (Wildman–Crippen LogP) is 0.983. The van der Waals surface area contributed by atoms with E-state index in [0.29, 0.717) is 18.6 Å². The quantitative estimate of drug-likeness (QED) is 0.331. The molecule has 0 rings (SSSR count). The van der Waals surface area contributed by atoms with Gasteiger partial charge in [0.05, 0.1) is 5.60 Å². The van der Waals surface area contributed by atoms with Gasteiger partial charge in [0.25, 0.3) is 0 Å². The lowest BCUT2D eigenvalue weighted by Crippen LogP contribution is -2.56. The van der Waals surface area contributed by atoms with E-state index >= 15 is 0 Å². The highest BCUT2D eigenvalue weighted by molar-refractivity contribution is 7.99. The molecule has 29 heavy (non-hydrogen) atoms. The molecule has 170 valence electrons. The Morgan fingerprint density at radius 2 is 1.69 bits per heavy atom. The maximum atomic E-state index is 13.2. The molecule has 8 nitrogen and oxygen atoms in total. The number of unbranched alkanes of at least 4 members (excludes halogenated alkanes) is 2.